The minimum Gasteiger partial charge on any atom is -0.594 e. The van der Waals surface area contributed by atoms with Crippen LogP contribution in [0.5, 0.6) is 0 Å². The van der Waals surface area contributed by atoms with Gasteiger partial charge >= 0.3 is 0 Å². The molecule has 0 aliphatic rings. The van der Waals surface area contributed by atoms with Crippen molar-refractivity contribution in [3.05, 3.63) is 117 Å². The summed E-state index contributed by atoms with van der Waals surface area (Å²) < 4.78 is 101. The predicted molar refractivity (Wildman–Crippen MR) is 187 cm³/mol. The quantitative estimate of drug-likeness (QED) is 0.0214. The van der Waals surface area contributed by atoms with Gasteiger partial charge in [-0.05, 0) is 59.3 Å². The fourth-order valence-corrected chi connectivity index (χ4v) is 7.07. The number of nitro groups is 1. The van der Waals surface area contributed by atoms with Crippen molar-refractivity contribution in [3.8, 4) is 0 Å². The SMILES string of the molecule is Cc1cc(N=Nc2cccc3c(S(=O)(=O)O)cccc23)c(N)cc1[N+]([O-])=Nc1ccc(/C=C/c2ccc([N+](=O)[O-])cc2S(=O)(=O)O)c(S(=O)(=O)O)c1. The molecule has 0 aliphatic carbocycles. The first-order chi connectivity index (χ1) is 24.2. The number of anilines is 1. The van der Waals surface area contributed by atoms with Crippen molar-refractivity contribution in [2.75, 3.05) is 5.73 Å². The number of nitro benzene ring substituents is 1. The van der Waals surface area contributed by atoms with Crippen LogP contribution >= 0.6 is 0 Å². The van der Waals surface area contributed by atoms with Crippen LogP contribution in [0.2, 0.25) is 0 Å². The van der Waals surface area contributed by atoms with Gasteiger partial charge in [-0.3, -0.25) is 23.8 Å². The second kappa shape index (κ2) is 14.0. The maximum absolute atomic E-state index is 13.1. The molecule has 18 nitrogen and oxygen atoms in total. The average Bonchev–Trinajstić information content (AvgIpc) is 3.06. The van der Waals surface area contributed by atoms with Crippen molar-refractivity contribution in [1.82, 2.24) is 0 Å². The highest BCUT2D eigenvalue weighted by Gasteiger charge is 2.21. The lowest BCUT2D eigenvalue weighted by atomic mass is 10.1. The van der Waals surface area contributed by atoms with Gasteiger partial charge in [-0.2, -0.15) is 25.3 Å². The molecule has 0 atom stereocenters. The van der Waals surface area contributed by atoms with E-state index in [1.54, 1.807) is 12.1 Å². The van der Waals surface area contributed by atoms with Gasteiger partial charge in [0.15, 0.2) is 0 Å². The summed E-state index contributed by atoms with van der Waals surface area (Å²) in [6.07, 6.45) is 2.09. The molecule has 21 heteroatoms. The normalized spacial score (nSPS) is 13.0. The Hall–Kier alpha value is -5.97. The largest absolute Gasteiger partial charge is 0.594 e. The number of nitrogen functional groups attached to an aromatic ring is 1. The lowest BCUT2D eigenvalue weighted by molar-refractivity contribution is -0.435. The predicted octanol–water partition coefficient (Wildman–Crippen LogP) is 6.89. The van der Waals surface area contributed by atoms with Gasteiger partial charge in [-0.1, -0.05) is 42.5 Å². The van der Waals surface area contributed by atoms with Crippen LogP contribution in [0.25, 0.3) is 22.9 Å². The van der Waals surface area contributed by atoms with Crippen molar-refractivity contribution in [2.24, 2.45) is 15.3 Å². The molecule has 0 heterocycles. The number of non-ortho nitro benzene ring substituents is 1. The minimum atomic E-state index is -4.96. The van der Waals surface area contributed by atoms with Crippen LogP contribution in [0.1, 0.15) is 16.7 Å². The third-order valence-corrected chi connectivity index (χ3v) is 10.1. The fraction of sp³-hybridized carbons (Fsp3) is 0.0323. The Morgan fingerprint density at radius 1 is 0.673 bits per heavy atom. The number of nitrogens with zero attached hydrogens (tertiary/aromatic N) is 5. The summed E-state index contributed by atoms with van der Waals surface area (Å²) in [6, 6.07) is 17.3. The highest BCUT2D eigenvalue weighted by atomic mass is 32.2. The van der Waals surface area contributed by atoms with Gasteiger partial charge in [0.1, 0.15) is 26.1 Å². The highest BCUT2D eigenvalue weighted by molar-refractivity contribution is 7.86. The van der Waals surface area contributed by atoms with Crippen LogP contribution in [0.3, 0.4) is 0 Å². The maximum atomic E-state index is 13.1. The number of fused-ring (bicyclic) bond motifs is 1. The first kappa shape index (κ1) is 37.3. The number of hydrogen-bond acceptors (Lipinski definition) is 13. The van der Waals surface area contributed by atoms with Crippen LogP contribution in [0, 0.1) is 22.2 Å². The Bertz CT molecular complexity index is 2730. The van der Waals surface area contributed by atoms with Crippen molar-refractivity contribution < 1.29 is 48.7 Å². The average molecular weight is 769 g/mol. The molecule has 5 aromatic rings. The van der Waals surface area contributed by atoms with E-state index in [4.69, 9.17) is 5.73 Å². The van der Waals surface area contributed by atoms with Crippen molar-refractivity contribution >= 4 is 87.4 Å². The second-order valence-corrected chi connectivity index (χ2v) is 15.0. The van der Waals surface area contributed by atoms with Gasteiger partial charge in [0, 0.05) is 39.6 Å². The molecule has 0 bridgehead atoms. The van der Waals surface area contributed by atoms with Crippen molar-refractivity contribution in [3.63, 3.8) is 0 Å². The van der Waals surface area contributed by atoms with Crippen LogP contribution in [0.15, 0.2) is 115 Å². The molecule has 0 amide bonds. The molecule has 0 spiro atoms. The summed E-state index contributed by atoms with van der Waals surface area (Å²) in [5.41, 5.74) is 5.42. The van der Waals surface area contributed by atoms with Crippen molar-refractivity contribution in [1.29, 1.82) is 0 Å². The Morgan fingerprint density at radius 3 is 1.85 bits per heavy atom. The summed E-state index contributed by atoms with van der Waals surface area (Å²) in [7, 11) is -14.4. The topological polar surface area (TPSA) is 295 Å². The molecule has 0 unspecified atom stereocenters. The molecule has 5 aromatic carbocycles. The third kappa shape index (κ3) is 8.15. The zero-order valence-corrected chi connectivity index (χ0v) is 28.7. The summed E-state index contributed by atoms with van der Waals surface area (Å²) in [6.45, 7) is 1.53. The molecule has 0 radical (unpaired) electrons. The van der Waals surface area contributed by atoms with Crippen LogP contribution in [-0.4, -0.2) is 48.7 Å². The first-order valence-electron chi connectivity index (χ1n) is 14.3. The van der Waals surface area contributed by atoms with E-state index in [2.05, 4.69) is 15.3 Å². The van der Waals surface area contributed by atoms with Crippen LogP contribution in [-0.2, 0) is 30.4 Å². The van der Waals surface area contributed by atoms with E-state index >= 15 is 0 Å². The van der Waals surface area contributed by atoms with E-state index < -0.39 is 50.8 Å². The van der Waals surface area contributed by atoms with Gasteiger partial charge < -0.3 is 10.9 Å². The molecule has 0 saturated heterocycles. The third-order valence-electron chi connectivity index (χ3n) is 7.36. The monoisotopic (exact) mass is 768 g/mol. The first-order valence-corrected chi connectivity index (χ1v) is 18.6. The smallest absolute Gasteiger partial charge is 0.295 e. The lowest BCUT2D eigenvalue weighted by Gasteiger charge is -2.08. The van der Waals surface area contributed by atoms with E-state index in [9.17, 15) is 54.2 Å². The molecule has 5 rings (SSSR count). The van der Waals surface area contributed by atoms with Gasteiger partial charge in [0.05, 0.1) is 16.3 Å². The minimum absolute atomic E-state index is 0.0196. The fourth-order valence-electron chi connectivity index (χ4n) is 4.96. The zero-order chi connectivity index (χ0) is 38.2. The summed E-state index contributed by atoms with van der Waals surface area (Å²) in [5, 5.41) is 36.9. The lowest BCUT2D eigenvalue weighted by Crippen LogP contribution is -2.03. The summed E-state index contributed by atoms with van der Waals surface area (Å²) >= 11 is 0. The number of rotatable bonds is 10. The molecular weight excluding hydrogens is 745 g/mol. The highest BCUT2D eigenvalue weighted by Crippen LogP contribution is 2.36. The standard InChI is InChI=1S/C31H24N6O12S3/c1-18-14-27(34-33-26-6-2-5-24-23(26)4-3-7-29(24)50(41,42)43)25(32)17-28(18)36(38)35-21-12-10-19(30(15-21)51(44,45)46)8-9-20-11-13-22(37(39)40)16-31(20)52(47,48)49/h2-17H,32H2,1H3,(H,41,42,43)(H,44,45,46)(H,47,48,49)/b9-8+,34-33?,36-35?. The molecule has 52 heavy (non-hydrogen) atoms. The summed E-state index contributed by atoms with van der Waals surface area (Å²) in [4.78, 5) is 8.45. The van der Waals surface area contributed by atoms with Gasteiger partial charge in [-0.25, -0.2) is 0 Å². The molecular formula is C31H24N6O12S3. The second-order valence-electron chi connectivity index (χ2n) is 10.9. The Labute approximate surface area is 294 Å². The molecule has 0 aliphatic heterocycles. The molecule has 268 valence electrons. The Kier molecular flexibility index (Phi) is 10.0. The van der Waals surface area contributed by atoms with Crippen LogP contribution < -0.4 is 5.73 Å². The van der Waals surface area contributed by atoms with E-state index in [1.807, 2.05) is 0 Å². The zero-order valence-electron chi connectivity index (χ0n) is 26.3. The Balaban J connectivity index is 1.47. The number of azo groups is 2. The number of aryl methyl sites for hydroxylation is 1. The molecule has 0 saturated carbocycles. The van der Waals surface area contributed by atoms with Crippen LogP contribution in [0.4, 0.5) is 34.1 Å². The van der Waals surface area contributed by atoms with E-state index in [-0.39, 0.29) is 54.7 Å². The van der Waals surface area contributed by atoms with Gasteiger partial charge in [0.25, 0.3) is 36.0 Å². The molecule has 5 N–H and O–H groups in total. The van der Waals surface area contributed by atoms with Crippen molar-refractivity contribution in [2.45, 2.75) is 21.6 Å². The summed E-state index contributed by atoms with van der Waals surface area (Å²) in [5.74, 6) is 0. The number of hydrogen-bond donors (Lipinski definition) is 4. The molecule has 0 aromatic heterocycles. The van der Waals surface area contributed by atoms with E-state index in [1.165, 1.54) is 49.4 Å². The number of nitrogens with two attached hydrogens (primary N) is 1. The van der Waals surface area contributed by atoms with E-state index in [0.29, 0.717) is 17.0 Å². The molecule has 0 fully saturated rings. The van der Waals surface area contributed by atoms with Gasteiger partial charge in [0.2, 0.25) is 5.69 Å². The maximum Gasteiger partial charge on any atom is 0.295 e. The number of benzene rings is 5. The Morgan fingerprint density at radius 2 is 1.23 bits per heavy atom. The van der Waals surface area contributed by atoms with Gasteiger partial charge in [-0.15, -0.1) is 10.2 Å². The van der Waals surface area contributed by atoms with E-state index in [0.717, 1.165) is 36.4 Å².